The number of hydrogen-bond acceptors (Lipinski definition) is 4. The lowest BCUT2D eigenvalue weighted by atomic mass is 9.93. The summed E-state index contributed by atoms with van der Waals surface area (Å²) in [4.78, 5) is 10.6. The van der Waals surface area contributed by atoms with Crippen LogP contribution in [0, 0.1) is 5.82 Å². The summed E-state index contributed by atoms with van der Waals surface area (Å²) in [6.07, 6.45) is 3.33. The van der Waals surface area contributed by atoms with Crippen LogP contribution in [0.15, 0.2) is 24.5 Å². The number of aromatic nitrogens is 2. The lowest BCUT2D eigenvalue weighted by Gasteiger charge is -2.39. The lowest BCUT2D eigenvalue weighted by molar-refractivity contribution is -0.0414. The third kappa shape index (κ3) is 2.70. The molecule has 2 heterocycles. The Balaban J connectivity index is 1.88. The molecule has 3 rings (SSSR count). The number of piperidine rings is 1. The molecule has 0 unspecified atom stereocenters. The second-order valence-corrected chi connectivity index (χ2v) is 5.70. The predicted octanol–water partition coefficient (Wildman–Crippen LogP) is 3.16. The number of halogens is 1. The maximum atomic E-state index is 13.8. The van der Waals surface area contributed by atoms with Crippen LogP contribution in [-0.2, 0) is 4.74 Å². The van der Waals surface area contributed by atoms with Gasteiger partial charge in [0.15, 0.2) is 0 Å². The number of anilines is 1. The standard InChI is InChI=1S/C16H20FN3O/c1-3-21-16(2)7-9-20(10-8-16)15-12-5-4-6-13(17)14(12)18-11-19-15/h4-6,11H,3,7-10H2,1-2H3. The zero-order valence-electron chi connectivity index (χ0n) is 12.5. The van der Waals surface area contributed by atoms with Crippen LogP contribution in [0.25, 0.3) is 10.9 Å². The predicted molar refractivity (Wildman–Crippen MR) is 81.0 cm³/mol. The number of para-hydroxylation sites is 1. The van der Waals surface area contributed by atoms with Crippen molar-refractivity contribution < 1.29 is 9.13 Å². The van der Waals surface area contributed by atoms with Crippen LogP contribution < -0.4 is 4.90 Å². The molecule has 4 nitrogen and oxygen atoms in total. The molecule has 1 fully saturated rings. The summed E-state index contributed by atoms with van der Waals surface area (Å²) < 4.78 is 19.7. The molecule has 112 valence electrons. The summed E-state index contributed by atoms with van der Waals surface area (Å²) in [5.41, 5.74) is 0.333. The number of ether oxygens (including phenoxy) is 1. The molecule has 0 N–H and O–H groups in total. The maximum Gasteiger partial charge on any atom is 0.149 e. The van der Waals surface area contributed by atoms with E-state index in [2.05, 4.69) is 21.8 Å². The first-order valence-corrected chi connectivity index (χ1v) is 7.41. The zero-order valence-corrected chi connectivity index (χ0v) is 12.5. The molecule has 1 aliphatic rings. The van der Waals surface area contributed by atoms with Gasteiger partial charge in [-0.15, -0.1) is 0 Å². The number of fused-ring (bicyclic) bond motifs is 1. The van der Waals surface area contributed by atoms with Crippen molar-refractivity contribution in [3.05, 3.63) is 30.3 Å². The van der Waals surface area contributed by atoms with Crippen LogP contribution in [0.4, 0.5) is 10.2 Å². The van der Waals surface area contributed by atoms with Crippen molar-refractivity contribution in [3.8, 4) is 0 Å². The summed E-state index contributed by atoms with van der Waals surface area (Å²) in [6, 6.07) is 5.02. The molecule has 0 bridgehead atoms. The summed E-state index contributed by atoms with van der Waals surface area (Å²) in [5.74, 6) is 0.519. The molecular weight excluding hydrogens is 269 g/mol. The summed E-state index contributed by atoms with van der Waals surface area (Å²) >= 11 is 0. The minimum atomic E-state index is -0.299. The minimum absolute atomic E-state index is 0.0562. The number of rotatable bonds is 3. The Morgan fingerprint density at radius 3 is 2.76 bits per heavy atom. The van der Waals surface area contributed by atoms with Crippen molar-refractivity contribution in [1.82, 2.24) is 9.97 Å². The molecule has 21 heavy (non-hydrogen) atoms. The maximum absolute atomic E-state index is 13.8. The molecule has 0 amide bonds. The van der Waals surface area contributed by atoms with Crippen LogP contribution in [-0.4, -0.2) is 35.3 Å². The molecule has 2 aromatic rings. The van der Waals surface area contributed by atoms with E-state index >= 15 is 0 Å². The first-order valence-electron chi connectivity index (χ1n) is 7.41. The Hall–Kier alpha value is -1.75. The van der Waals surface area contributed by atoms with E-state index in [1.54, 1.807) is 6.07 Å². The average Bonchev–Trinajstić information content (AvgIpc) is 2.48. The highest BCUT2D eigenvalue weighted by atomic mass is 19.1. The Bertz CT molecular complexity index is 638. The molecule has 0 atom stereocenters. The van der Waals surface area contributed by atoms with Gasteiger partial charge in [-0.1, -0.05) is 6.07 Å². The molecule has 1 aromatic heterocycles. The van der Waals surface area contributed by atoms with Crippen molar-refractivity contribution in [1.29, 1.82) is 0 Å². The van der Waals surface area contributed by atoms with E-state index in [0.717, 1.165) is 43.7 Å². The molecule has 1 aliphatic heterocycles. The van der Waals surface area contributed by atoms with Crippen molar-refractivity contribution in [2.45, 2.75) is 32.3 Å². The monoisotopic (exact) mass is 289 g/mol. The second-order valence-electron chi connectivity index (χ2n) is 5.70. The third-order valence-corrected chi connectivity index (χ3v) is 4.21. The van der Waals surface area contributed by atoms with Gasteiger partial charge in [-0.05, 0) is 38.8 Å². The second kappa shape index (κ2) is 5.56. The largest absolute Gasteiger partial charge is 0.375 e. The topological polar surface area (TPSA) is 38.2 Å². The van der Waals surface area contributed by atoms with Gasteiger partial charge < -0.3 is 9.64 Å². The van der Waals surface area contributed by atoms with Gasteiger partial charge in [0.1, 0.15) is 23.5 Å². The van der Waals surface area contributed by atoms with Crippen LogP contribution >= 0.6 is 0 Å². The Morgan fingerprint density at radius 2 is 2.05 bits per heavy atom. The van der Waals surface area contributed by atoms with E-state index < -0.39 is 0 Å². The fourth-order valence-corrected chi connectivity index (χ4v) is 2.97. The van der Waals surface area contributed by atoms with E-state index in [9.17, 15) is 4.39 Å². The van der Waals surface area contributed by atoms with E-state index in [1.165, 1.54) is 12.4 Å². The minimum Gasteiger partial charge on any atom is -0.375 e. The molecule has 0 saturated carbocycles. The van der Waals surface area contributed by atoms with Crippen LogP contribution in [0.1, 0.15) is 26.7 Å². The fourth-order valence-electron chi connectivity index (χ4n) is 2.97. The molecule has 0 radical (unpaired) electrons. The first kappa shape index (κ1) is 14.2. The summed E-state index contributed by atoms with van der Waals surface area (Å²) in [6.45, 7) is 6.64. The Labute approximate surface area is 124 Å². The summed E-state index contributed by atoms with van der Waals surface area (Å²) in [7, 11) is 0. The fraction of sp³-hybridized carbons (Fsp3) is 0.500. The number of benzene rings is 1. The first-order chi connectivity index (χ1) is 10.1. The van der Waals surface area contributed by atoms with Crippen molar-refractivity contribution in [2.24, 2.45) is 0 Å². The number of nitrogens with zero attached hydrogens (tertiary/aromatic N) is 3. The third-order valence-electron chi connectivity index (χ3n) is 4.21. The molecule has 1 saturated heterocycles. The number of hydrogen-bond donors (Lipinski definition) is 0. The van der Waals surface area contributed by atoms with Crippen molar-refractivity contribution in [2.75, 3.05) is 24.6 Å². The van der Waals surface area contributed by atoms with Gasteiger partial charge in [0.25, 0.3) is 0 Å². The average molecular weight is 289 g/mol. The molecule has 0 spiro atoms. The zero-order chi connectivity index (χ0) is 14.9. The van der Waals surface area contributed by atoms with Crippen molar-refractivity contribution in [3.63, 3.8) is 0 Å². The van der Waals surface area contributed by atoms with Crippen LogP contribution in [0.3, 0.4) is 0 Å². The highest BCUT2D eigenvalue weighted by Crippen LogP contribution is 2.31. The molecule has 0 aliphatic carbocycles. The van der Waals surface area contributed by atoms with Gasteiger partial charge in [-0.2, -0.15) is 0 Å². The van der Waals surface area contributed by atoms with Gasteiger partial charge in [0.05, 0.1) is 5.60 Å². The highest BCUT2D eigenvalue weighted by molar-refractivity contribution is 5.89. The van der Waals surface area contributed by atoms with E-state index in [-0.39, 0.29) is 11.4 Å². The van der Waals surface area contributed by atoms with Gasteiger partial charge in [0.2, 0.25) is 0 Å². The van der Waals surface area contributed by atoms with Crippen LogP contribution in [0.5, 0.6) is 0 Å². The molecular formula is C16H20FN3O. The van der Waals surface area contributed by atoms with Crippen molar-refractivity contribution >= 4 is 16.7 Å². The summed E-state index contributed by atoms with van der Waals surface area (Å²) in [5, 5.41) is 0.775. The lowest BCUT2D eigenvalue weighted by Crippen LogP contribution is -2.44. The molecule has 1 aromatic carbocycles. The Kier molecular flexibility index (Phi) is 3.76. The normalized spacial score (nSPS) is 18.1. The quantitative estimate of drug-likeness (QED) is 0.870. The van der Waals surface area contributed by atoms with E-state index in [1.807, 2.05) is 13.0 Å². The SMILES string of the molecule is CCOC1(C)CCN(c2ncnc3c(F)cccc23)CC1. The van der Waals surface area contributed by atoms with Gasteiger partial charge in [-0.3, -0.25) is 0 Å². The Morgan fingerprint density at radius 1 is 1.29 bits per heavy atom. The van der Waals surface area contributed by atoms with E-state index in [0.29, 0.717) is 5.52 Å². The van der Waals surface area contributed by atoms with Gasteiger partial charge >= 0.3 is 0 Å². The van der Waals surface area contributed by atoms with E-state index in [4.69, 9.17) is 4.74 Å². The van der Waals surface area contributed by atoms with Gasteiger partial charge in [0, 0.05) is 25.1 Å². The highest BCUT2D eigenvalue weighted by Gasteiger charge is 2.31. The smallest absolute Gasteiger partial charge is 0.149 e. The van der Waals surface area contributed by atoms with Crippen LogP contribution in [0.2, 0.25) is 0 Å². The van der Waals surface area contributed by atoms with Gasteiger partial charge in [-0.25, -0.2) is 14.4 Å². The molecule has 5 heteroatoms.